The number of rotatable bonds is 20. The van der Waals surface area contributed by atoms with Crippen molar-refractivity contribution in [1.29, 1.82) is 0 Å². The molecule has 0 radical (unpaired) electrons. The van der Waals surface area contributed by atoms with Gasteiger partial charge in [-0.2, -0.15) is 0 Å². The third kappa shape index (κ3) is 16.6. The van der Waals surface area contributed by atoms with Crippen LogP contribution < -0.4 is 4.74 Å². The van der Waals surface area contributed by atoms with E-state index in [1.807, 2.05) is 12.2 Å². The second kappa shape index (κ2) is 23.5. The molecule has 2 aromatic carbocycles. The van der Waals surface area contributed by atoms with Crippen LogP contribution in [0.4, 0.5) is 8.78 Å². The van der Waals surface area contributed by atoms with E-state index in [-0.39, 0.29) is 35.5 Å². The van der Waals surface area contributed by atoms with Gasteiger partial charge in [-0.3, -0.25) is 9.59 Å². The van der Waals surface area contributed by atoms with E-state index in [0.717, 1.165) is 50.7 Å². The van der Waals surface area contributed by atoms with E-state index in [2.05, 4.69) is 67.7 Å². The lowest BCUT2D eigenvalue weighted by atomic mass is 10.0. The van der Waals surface area contributed by atoms with Crippen LogP contribution >= 0.6 is 0 Å². The molecule has 0 aliphatic rings. The summed E-state index contributed by atoms with van der Waals surface area (Å²) in [6.07, 6.45) is 30.8. The lowest BCUT2D eigenvalue weighted by Crippen LogP contribution is -2.23. The molecule has 0 heterocycles. The standard InChI is InChI=1S/C40H46F2O6/c1-4-5-6-7-8-9-10-11-12-13-14-15-16-17-18-19-20-21-22-23-39(44)46-30-31(2)47-40(45)36-28-33(24-27-38(36)48-32(3)43)35-26-25-34(41)29-37(35)42/h5-6,8-9,11-12,14-15,17-18,20-21,24-29,31H,4,7,10,13,16,19,22-23,30H2,1-3H3. The Morgan fingerprint density at radius 2 is 1.31 bits per heavy atom. The third-order valence-electron chi connectivity index (χ3n) is 6.59. The molecule has 0 N–H and O–H groups in total. The van der Waals surface area contributed by atoms with Crippen LogP contribution in [-0.2, 0) is 19.1 Å². The highest BCUT2D eigenvalue weighted by molar-refractivity contribution is 5.95. The Labute approximate surface area is 283 Å². The molecule has 0 bridgehead atoms. The molecule has 48 heavy (non-hydrogen) atoms. The zero-order chi connectivity index (χ0) is 35.0. The number of benzene rings is 2. The van der Waals surface area contributed by atoms with E-state index in [4.69, 9.17) is 14.2 Å². The highest BCUT2D eigenvalue weighted by Crippen LogP contribution is 2.30. The minimum absolute atomic E-state index is 0.0497. The predicted octanol–water partition coefficient (Wildman–Crippen LogP) is 10.1. The number of carbonyl (C=O) groups is 3. The van der Waals surface area contributed by atoms with Gasteiger partial charge in [-0.1, -0.05) is 85.9 Å². The fraction of sp³-hybridized carbons (Fsp3) is 0.325. The summed E-state index contributed by atoms with van der Waals surface area (Å²) in [6, 6.07) is 7.12. The maximum absolute atomic E-state index is 14.4. The number of carbonyl (C=O) groups excluding carboxylic acids is 3. The lowest BCUT2D eigenvalue weighted by molar-refractivity contribution is -0.146. The molecule has 6 nitrogen and oxygen atoms in total. The zero-order valence-electron chi connectivity index (χ0n) is 28.0. The highest BCUT2D eigenvalue weighted by atomic mass is 19.1. The van der Waals surface area contributed by atoms with E-state index in [0.29, 0.717) is 6.42 Å². The van der Waals surface area contributed by atoms with Crippen LogP contribution in [-0.4, -0.2) is 30.6 Å². The van der Waals surface area contributed by atoms with Crippen molar-refractivity contribution in [1.82, 2.24) is 0 Å². The fourth-order valence-electron chi connectivity index (χ4n) is 4.23. The molecule has 0 aliphatic heterocycles. The Hall–Kier alpha value is -4.85. The number of halogens is 2. The van der Waals surface area contributed by atoms with Gasteiger partial charge in [0, 0.05) is 25.0 Å². The highest BCUT2D eigenvalue weighted by Gasteiger charge is 2.21. The summed E-state index contributed by atoms with van der Waals surface area (Å²) < 4.78 is 43.5. The summed E-state index contributed by atoms with van der Waals surface area (Å²) in [5.41, 5.74) is 0.166. The summed E-state index contributed by atoms with van der Waals surface area (Å²) in [6.45, 7) is 4.67. The van der Waals surface area contributed by atoms with E-state index in [9.17, 15) is 23.2 Å². The Morgan fingerprint density at radius 3 is 1.85 bits per heavy atom. The van der Waals surface area contributed by atoms with Gasteiger partial charge in [-0.25, -0.2) is 13.6 Å². The summed E-state index contributed by atoms with van der Waals surface area (Å²) in [4.78, 5) is 36.7. The van der Waals surface area contributed by atoms with Crippen LogP contribution in [0.5, 0.6) is 5.75 Å². The molecule has 256 valence electrons. The topological polar surface area (TPSA) is 78.9 Å². The molecule has 0 saturated carbocycles. The Bertz CT molecular complexity index is 1500. The predicted molar refractivity (Wildman–Crippen MR) is 186 cm³/mol. The number of allylic oxidation sites excluding steroid dienone is 12. The van der Waals surface area contributed by atoms with Crippen molar-refractivity contribution in [2.45, 2.75) is 78.2 Å². The first-order valence-electron chi connectivity index (χ1n) is 16.3. The molecule has 0 fully saturated rings. The second-order valence-electron chi connectivity index (χ2n) is 10.8. The molecule has 2 rings (SSSR count). The first-order chi connectivity index (χ1) is 23.2. The quantitative estimate of drug-likeness (QED) is 0.0799. The summed E-state index contributed by atoms with van der Waals surface area (Å²) >= 11 is 0. The Balaban J connectivity index is 1.69. The monoisotopic (exact) mass is 660 g/mol. The van der Waals surface area contributed by atoms with Gasteiger partial charge in [-0.05, 0) is 81.7 Å². The van der Waals surface area contributed by atoms with Crippen LogP contribution in [0.2, 0.25) is 0 Å². The molecular formula is C40H46F2O6. The van der Waals surface area contributed by atoms with Crippen LogP contribution in [0, 0.1) is 11.6 Å². The van der Waals surface area contributed by atoms with Crippen LogP contribution in [0.25, 0.3) is 11.1 Å². The first kappa shape index (κ1) is 39.3. The van der Waals surface area contributed by atoms with Crippen molar-refractivity contribution in [3.63, 3.8) is 0 Å². The third-order valence-corrected chi connectivity index (χ3v) is 6.59. The minimum atomic E-state index is -0.864. The number of hydrogen-bond acceptors (Lipinski definition) is 6. The van der Waals surface area contributed by atoms with Gasteiger partial charge in [0.05, 0.1) is 0 Å². The zero-order valence-corrected chi connectivity index (χ0v) is 28.0. The molecular weight excluding hydrogens is 614 g/mol. The van der Waals surface area contributed by atoms with Gasteiger partial charge in [0.15, 0.2) is 0 Å². The first-order valence-corrected chi connectivity index (χ1v) is 16.3. The van der Waals surface area contributed by atoms with E-state index in [1.54, 1.807) is 6.92 Å². The average Bonchev–Trinajstić information content (AvgIpc) is 3.05. The smallest absolute Gasteiger partial charge is 0.342 e. The van der Waals surface area contributed by atoms with Crippen LogP contribution in [0.3, 0.4) is 0 Å². The summed E-state index contributed by atoms with van der Waals surface area (Å²) in [5, 5.41) is 0. The van der Waals surface area contributed by atoms with Crippen LogP contribution in [0.1, 0.15) is 82.5 Å². The molecule has 2 aromatic rings. The van der Waals surface area contributed by atoms with Crippen molar-refractivity contribution >= 4 is 17.9 Å². The van der Waals surface area contributed by atoms with Crippen molar-refractivity contribution in [3.8, 4) is 16.9 Å². The molecule has 0 spiro atoms. The summed E-state index contributed by atoms with van der Waals surface area (Å²) in [7, 11) is 0. The fourth-order valence-corrected chi connectivity index (χ4v) is 4.23. The molecule has 0 amide bonds. The van der Waals surface area contributed by atoms with E-state index >= 15 is 0 Å². The largest absolute Gasteiger partial charge is 0.462 e. The van der Waals surface area contributed by atoms with E-state index in [1.165, 1.54) is 31.2 Å². The molecule has 1 atom stereocenters. The van der Waals surface area contributed by atoms with Crippen molar-refractivity contribution in [2.75, 3.05) is 6.61 Å². The summed E-state index contributed by atoms with van der Waals surface area (Å²) in [5.74, 6) is -3.62. The molecule has 1 unspecified atom stereocenters. The van der Waals surface area contributed by atoms with Gasteiger partial charge >= 0.3 is 17.9 Å². The van der Waals surface area contributed by atoms with E-state index < -0.39 is 35.6 Å². The Kier molecular flexibility index (Phi) is 19.2. The molecule has 0 aromatic heterocycles. The minimum Gasteiger partial charge on any atom is -0.462 e. The van der Waals surface area contributed by atoms with Gasteiger partial charge in [0.1, 0.15) is 35.7 Å². The lowest BCUT2D eigenvalue weighted by Gasteiger charge is -2.16. The van der Waals surface area contributed by atoms with Crippen molar-refractivity contribution in [2.24, 2.45) is 0 Å². The normalized spacial score (nSPS) is 12.7. The maximum Gasteiger partial charge on any atom is 0.342 e. The Morgan fingerprint density at radius 1 is 0.750 bits per heavy atom. The van der Waals surface area contributed by atoms with Crippen molar-refractivity contribution in [3.05, 3.63) is 127 Å². The number of hydrogen-bond donors (Lipinski definition) is 0. The molecule has 8 heteroatoms. The molecule has 0 saturated heterocycles. The van der Waals surface area contributed by atoms with Gasteiger partial charge in [0.25, 0.3) is 0 Å². The number of esters is 3. The number of ether oxygens (including phenoxy) is 3. The van der Waals surface area contributed by atoms with Crippen molar-refractivity contribution < 1.29 is 37.4 Å². The van der Waals surface area contributed by atoms with Gasteiger partial charge < -0.3 is 14.2 Å². The average molecular weight is 661 g/mol. The van der Waals surface area contributed by atoms with Gasteiger partial charge in [0.2, 0.25) is 0 Å². The van der Waals surface area contributed by atoms with Crippen LogP contribution in [0.15, 0.2) is 109 Å². The maximum atomic E-state index is 14.4. The van der Waals surface area contributed by atoms with Gasteiger partial charge in [-0.15, -0.1) is 0 Å². The molecule has 0 aliphatic carbocycles. The second-order valence-corrected chi connectivity index (χ2v) is 10.8. The SMILES string of the molecule is CCC=CCC=CCC=CCC=CCC=CCC=CCCC(=O)OCC(C)OC(=O)c1cc(-c2ccc(F)cc2F)ccc1OC(C)=O.